The first-order valence-corrected chi connectivity index (χ1v) is 9.16. The van der Waals surface area contributed by atoms with E-state index < -0.39 is 0 Å². The number of carbonyl (C=O) groups is 2. The first-order valence-electron chi connectivity index (χ1n) is 8.08. The van der Waals surface area contributed by atoms with Crippen LogP contribution in [0.5, 0.6) is 0 Å². The van der Waals surface area contributed by atoms with Crippen LogP contribution in [0.4, 0.5) is 0 Å². The average Bonchev–Trinajstić information content (AvgIpc) is 2.55. The number of benzene rings is 1. The van der Waals surface area contributed by atoms with E-state index in [1.54, 1.807) is 6.07 Å². The molecule has 0 unspecified atom stereocenters. The Kier molecular flexibility index (Phi) is 7.29. The molecule has 126 valence electrons. The van der Waals surface area contributed by atoms with Gasteiger partial charge in [-0.25, -0.2) is 0 Å². The Morgan fingerprint density at radius 2 is 1.91 bits per heavy atom. The maximum absolute atomic E-state index is 12.0. The molecule has 5 nitrogen and oxygen atoms in total. The molecule has 1 heterocycles. The predicted octanol–water partition coefficient (Wildman–Crippen LogP) is 1.87. The molecule has 23 heavy (non-hydrogen) atoms. The molecule has 1 aliphatic heterocycles. The summed E-state index contributed by atoms with van der Waals surface area (Å²) in [6, 6.07) is 7.32. The van der Waals surface area contributed by atoms with Crippen molar-refractivity contribution in [1.29, 1.82) is 0 Å². The molecule has 2 N–H and O–H groups in total. The van der Waals surface area contributed by atoms with E-state index in [0.29, 0.717) is 12.1 Å². The maximum Gasteiger partial charge on any atom is 0.252 e. The smallest absolute Gasteiger partial charge is 0.252 e. The van der Waals surface area contributed by atoms with Crippen LogP contribution in [0.2, 0.25) is 0 Å². The monoisotopic (exact) mass is 429 g/mol. The highest BCUT2D eigenvalue weighted by Crippen LogP contribution is 2.15. The van der Waals surface area contributed by atoms with Gasteiger partial charge in [0, 0.05) is 16.7 Å². The van der Waals surface area contributed by atoms with Gasteiger partial charge in [0.05, 0.1) is 12.1 Å². The van der Waals surface area contributed by atoms with Crippen LogP contribution in [0.15, 0.2) is 24.3 Å². The second-order valence-corrected chi connectivity index (χ2v) is 7.20. The van der Waals surface area contributed by atoms with Gasteiger partial charge in [-0.05, 0) is 66.6 Å². The first-order chi connectivity index (χ1) is 11.1. The summed E-state index contributed by atoms with van der Waals surface area (Å²) in [5.74, 6) is 0.460. The predicted molar refractivity (Wildman–Crippen MR) is 99.3 cm³/mol. The number of halogens is 1. The third-order valence-electron chi connectivity index (χ3n) is 4.15. The molecule has 1 aromatic rings. The minimum absolute atomic E-state index is 0.0147. The maximum atomic E-state index is 12.0. The molecule has 1 aliphatic rings. The summed E-state index contributed by atoms with van der Waals surface area (Å²) in [4.78, 5) is 26.2. The van der Waals surface area contributed by atoms with Crippen molar-refractivity contribution in [3.05, 3.63) is 33.4 Å². The van der Waals surface area contributed by atoms with Crippen molar-refractivity contribution >= 4 is 34.4 Å². The van der Waals surface area contributed by atoms with Crippen LogP contribution in [0, 0.1) is 9.49 Å². The molecule has 1 aromatic carbocycles. The van der Waals surface area contributed by atoms with Gasteiger partial charge < -0.3 is 15.5 Å². The lowest BCUT2D eigenvalue weighted by Crippen LogP contribution is -2.42. The van der Waals surface area contributed by atoms with Crippen molar-refractivity contribution in [3.8, 4) is 0 Å². The lowest BCUT2D eigenvalue weighted by atomic mass is 9.99. The molecule has 0 aromatic heterocycles. The van der Waals surface area contributed by atoms with E-state index in [1.807, 2.05) is 18.2 Å². The summed E-state index contributed by atoms with van der Waals surface area (Å²) >= 11 is 2.11. The van der Waals surface area contributed by atoms with Crippen LogP contribution in [0.3, 0.4) is 0 Å². The van der Waals surface area contributed by atoms with E-state index in [2.05, 4.69) is 45.0 Å². The average molecular weight is 429 g/mol. The fraction of sp³-hybridized carbons (Fsp3) is 0.529. The van der Waals surface area contributed by atoms with E-state index in [0.717, 1.165) is 29.1 Å². The zero-order chi connectivity index (χ0) is 16.7. The fourth-order valence-corrected chi connectivity index (χ4v) is 3.24. The molecule has 2 rings (SSSR count). The molecule has 0 bridgehead atoms. The van der Waals surface area contributed by atoms with Crippen molar-refractivity contribution < 1.29 is 9.59 Å². The third-order valence-corrected chi connectivity index (χ3v) is 5.10. The van der Waals surface area contributed by atoms with E-state index in [4.69, 9.17) is 0 Å². The Labute approximate surface area is 151 Å². The van der Waals surface area contributed by atoms with Crippen LogP contribution < -0.4 is 10.6 Å². The summed E-state index contributed by atoms with van der Waals surface area (Å²) < 4.78 is 0.877. The molecule has 0 aliphatic carbocycles. The fourth-order valence-electron chi connectivity index (χ4n) is 2.60. The van der Waals surface area contributed by atoms with Gasteiger partial charge in [-0.15, -0.1) is 0 Å². The van der Waals surface area contributed by atoms with Crippen molar-refractivity contribution in [2.24, 2.45) is 5.92 Å². The van der Waals surface area contributed by atoms with Gasteiger partial charge in [0.25, 0.3) is 5.91 Å². The molecule has 1 fully saturated rings. The Bertz CT molecular complexity index is 542. The SMILES string of the molecule is CC1CCN(CCNC(=O)CNC(=O)c2ccccc2I)CC1. The normalized spacial score (nSPS) is 16.1. The van der Waals surface area contributed by atoms with E-state index in [-0.39, 0.29) is 18.4 Å². The summed E-state index contributed by atoms with van der Waals surface area (Å²) in [5.41, 5.74) is 0.600. The second-order valence-electron chi connectivity index (χ2n) is 6.04. The second kappa shape index (κ2) is 9.22. The van der Waals surface area contributed by atoms with Gasteiger partial charge >= 0.3 is 0 Å². The van der Waals surface area contributed by atoms with Gasteiger partial charge in [0.15, 0.2) is 0 Å². The molecule has 0 atom stereocenters. The summed E-state index contributed by atoms with van der Waals surface area (Å²) in [6.07, 6.45) is 2.47. The van der Waals surface area contributed by atoms with Crippen molar-refractivity contribution in [2.45, 2.75) is 19.8 Å². The number of likely N-dealkylation sites (tertiary alicyclic amines) is 1. The molecule has 1 saturated heterocycles. The number of carbonyl (C=O) groups excluding carboxylic acids is 2. The summed E-state index contributed by atoms with van der Waals surface area (Å²) in [6.45, 7) is 6.03. The lowest BCUT2D eigenvalue weighted by Gasteiger charge is -2.30. The number of hydrogen-bond acceptors (Lipinski definition) is 3. The van der Waals surface area contributed by atoms with Gasteiger partial charge in [-0.1, -0.05) is 19.1 Å². The molecule has 6 heteroatoms. The number of hydrogen-bond donors (Lipinski definition) is 2. The van der Waals surface area contributed by atoms with Crippen molar-refractivity contribution in [2.75, 3.05) is 32.7 Å². The number of nitrogens with one attached hydrogen (secondary N) is 2. The van der Waals surface area contributed by atoms with Crippen molar-refractivity contribution in [1.82, 2.24) is 15.5 Å². The summed E-state index contributed by atoms with van der Waals surface area (Å²) in [5, 5.41) is 5.53. The molecule has 0 radical (unpaired) electrons. The first kappa shape index (κ1) is 18.2. The van der Waals surface area contributed by atoms with Crippen LogP contribution in [-0.2, 0) is 4.79 Å². The van der Waals surface area contributed by atoms with E-state index in [9.17, 15) is 9.59 Å². The number of amides is 2. The molecular formula is C17H24IN3O2. The highest BCUT2D eigenvalue weighted by molar-refractivity contribution is 14.1. The minimum Gasteiger partial charge on any atom is -0.353 e. The molecule has 0 spiro atoms. The Balaban J connectivity index is 1.63. The van der Waals surface area contributed by atoms with E-state index >= 15 is 0 Å². The highest BCUT2D eigenvalue weighted by Gasteiger charge is 2.15. The minimum atomic E-state index is -0.213. The number of rotatable bonds is 6. The van der Waals surface area contributed by atoms with Crippen LogP contribution in [0.25, 0.3) is 0 Å². The Hall–Kier alpha value is -1.15. The number of piperidine rings is 1. The summed E-state index contributed by atoms with van der Waals surface area (Å²) in [7, 11) is 0. The number of nitrogens with zero attached hydrogens (tertiary/aromatic N) is 1. The Morgan fingerprint density at radius 3 is 2.61 bits per heavy atom. The Morgan fingerprint density at radius 1 is 1.22 bits per heavy atom. The standard InChI is InChI=1S/C17H24IN3O2/c1-13-6-9-21(10-7-13)11-8-19-16(22)12-20-17(23)14-4-2-3-5-15(14)18/h2-5,13H,6-12H2,1H3,(H,19,22)(H,20,23). The zero-order valence-corrected chi connectivity index (χ0v) is 15.6. The van der Waals surface area contributed by atoms with Gasteiger partial charge in [0.2, 0.25) is 5.91 Å². The van der Waals surface area contributed by atoms with Gasteiger partial charge in [-0.3, -0.25) is 9.59 Å². The van der Waals surface area contributed by atoms with Gasteiger partial charge in [-0.2, -0.15) is 0 Å². The molecule has 2 amide bonds. The van der Waals surface area contributed by atoms with Crippen LogP contribution in [0.1, 0.15) is 30.1 Å². The topological polar surface area (TPSA) is 61.4 Å². The van der Waals surface area contributed by atoms with Gasteiger partial charge in [0.1, 0.15) is 0 Å². The van der Waals surface area contributed by atoms with E-state index in [1.165, 1.54) is 12.8 Å². The molecular weight excluding hydrogens is 405 g/mol. The largest absolute Gasteiger partial charge is 0.353 e. The van der Waals surface area contributed by atoms with Crippen molar-refractivity contribution in [3.63, 3.8) is 0 Å². The highest BCUT2D eigenvalue weighted by atomic mass is 127. The third kappa shape index (κ3) is 6.10. The van der Waals surface area contributed by atoms with Crippen LogP contribution in [-0.4, -0.2) is 49.4 Å². The quantitative estimate of drug-likeness (QED) is 0.679. The van der Waals surface area contributed by atoms with Crippen LogP contribution >= 0.6 is 22.6 Å². The zero-order valence-electron chi connectivity index (χ0n) is 13.5. The molecule has 0 saturated carbocycles. The lowest BCUT2D eigenvalue weighted by molar-refractivity contribution is -0.120.